The summed E-state index contributed by atoms with van der Waals surface area (Å²) < 4.78 is 15.6. The zero-order chi connectivity index (χ0) is 14.9. The maximum Gasteiger partial charge on any atom is 0.238 e. The van der Waals surface area contributed by atoms with Gasteiger partial charge in [0, 0.05) is 25.9 Å². The fourth-order valence-corrected chi connectivity index (χ4v) is 2.04. The molecule has 0 atom stereocenters. The van der Waals surface area contributed by atoms with Gasteiger partial charge in [0.1, 0.15) is 12.4 Å². The quantitative estimate of drug-likeness (QED) is 0.760. The summed E-state index contributed by atoms with van der Waals surface area (Å²) in [4.78, 5) is 14.0. The second-order valence-corrected chi connectivity index (χ2v) is 4.80. The molecule has 0 radical (unpaired) electrons. The zero-order valence-corrected chi connectivity index (χ0v) is 12.3. The Hall–Kier alpha value is -1.63. The molecule has 1 aromatic rings. The van der Waals surface area contributed by atoms with Gasteiger partial charge in [-0.05, 0) is 24.3 Å². The van der Waals surface area contributed by atoms with Gasteiger partial charge in [0.05, 0.1) is 26.4 Å². The van der Waals surface area contributed by atoms with Crippen molar-refractivity contribution in [2.24, 2.45) is 0 Å². The Morgan fingerprint density at radius 2 is 1.95 bits per heavy atom. The molecule has 1 fully saturated rings. The predicted octanol–water partition coefficient (Wildman–Crippen LogP) is 0.982. The average molecular weight is 294 g/mol. The molecule has 6 heteroatoms. The van der Waals surface area contributed by atoms with Gasteiger partial charge < -0.3 is 19.5 Å². The van der Waals surface area contributed by atoms with Crippen molar-refractivity contribution in [1.29, 1.82) is 0 Å². The molecule has 1 aromatic carbocycles. The van der Waals surface area contributed by atoms with Crippen LogP contribution in [0.3, 0.4) is 0 Å². The number of morpholine rings is 1. The van der Waals surface area contributed by atoms with Crippen molar-refractivity contribution in [2.75, 3.05) is 58.5 Å². The number of amides is 1. The lowest BCUT2D eigenvalue weighted by molar-refractivity contribution is -0.118. The van der Waals surface area contributed by atoms with Crippen LogP contribution in [0.4, 0.5) is 5.69 Å². The number of rotatable bonds is 7. The van der Waals surface area contributed by atoms with Crippen LogP contribution in [0.1, 0.15) is 0 Å². The van der Waals surface area contributed by atoms with Crippen molar-refractivity contribution in [1.82, 2.24) is 4.90 Å². The molecular formula is C15H22N2O4. The van der Waals surface area contributed by atoms with E-state index in [1.807, 2.05) is 24.3 Å². The van der Waals surface area contributed by atoms with Crippen molar-refractivity contribution in [3.8, 4) is 5.75 Å². The number of hydrogen-bond donors (Lipinski definition) is 1. The summed E-state index contributed by atoms with van der Waals surface area (Å²) in [5.74, 6) is 0.753. The van der Waals surface area contributed by atoms with Gasteiger partial charge in [-0.3, -0.25) is 9.69 Å². The van der Waals surface area contributed by atoms with Gasteiger partial charge in [-0.1, -0.05) is 0 Å². The SMILES string of the molecule is COCCOc1ccc(NC(=O)CN2CCOCC2)cc1. The Morgan fingerprint density at radius 1 is 1.24 bits per heavy atom. The number of benzene rings is 1. The number of hydrogen-bond acceptors (Lipinski definition) is 5. The van der Waals surface area contributed by atoms with Crippen LogP contribution < -0.4 is 10.1 Å². The van der Waals surface area contributed by atoms with Gasteiger partial charge in [-0.15, -0.1) is 0 Å². The summed E-state index contributed by atoms with van der Waals surface area (Å²) in [6.07, 6.45) is 0. The molecule has 1 aliphatic rings. The number of methoxy groups -OCH3 is 1. The van der Waals surface area contributed by atoms with Gasteiger partial charge in [0.25, 0.3) is 0 Å². The van der Waals surface area contributed by atoms with Crippen LogP contribution in [0.2, 0.25) is 0 Å². The van der Waals surface area contributed by atoms with E-state index in [1.54, 1.807) is 7.11 Å². The Bertz CT molecular complexity index is 430. The average Bonchev–Trinajstić information content (AvgIpc) is 2.50. The molecule has 6 nitrogen and oxygen atoms in total. The third kappa shape index (κ3) is 5.71. The Labute approximate surface area is 125 Å². The lowest BCUT2D eigenvalue weighted by Gasteiger charge is -2.25. The molecular weight excluding hydrogens is 272 g/mol. The predicted molar refractivity (Wildman–Crippen MR) is 79.7 cm³/mol. The molecule has 1 heterocycles. The van der Waals surface area contributed by atoms with Crippen LogP contribution in [0, 0.1) is 0 Å². The van der Waals surface area contributed by atoms with E-state index in [1.165, 1.54) is 0 Å². The van der Waals surface area contributed by atoms with E-state index in [0.717, 1.165) is 24.5 Å². The van der Waals surface area contributed by atoms with Gasteiger partial charge in [0.15, 0.2) is 0 Å². The van der Waals surface area contributed by atoms with Crippen molar-refractivity contribution >= 4 is 11.6 Å². The zero-order valence-electron chi connectivity index (χ0n) is 12.3. The van der Waals surface area contributed by atoms with Gasteiger partial charge in [-0.25, -0.2) is 0 Å². The van der Waals surface area contributed by atoms with E-state index >= 15 is 0 Å². The Balaban J connectivity index is 1.75. The third-order valence-corrected chi connectivity index (χ3v) is 3.17. The van der Waals surface area contributed by atoms with Crippen molar-refractivity contribution in [2.45, 2.75) is 0 Å². The molecule has 1 aliphatic heterocycles. The van der Waals surface area contributed by atoms with E-state index in [2.05, 4.69) is 10.2 Å². The molecule has 21 heavy (non-hydrogen) atoms. The summed E-state index contributed by atoms with van der Waals surface area (Å²) in [6.45, 7) is 4.47. The second kappa shape index (κ2) is 8.61. The van der Waals surface area contributed by atoms with E-state index in [4.69, 9.17) is 14.2 Å². The van der Waals surface area contributed by atoms with E-state index < -0.39 is 0 Å². The van der Waals surface area contributed by atoms with Gasteiger partial charge in [-0.2, -0.15) is 0 Å². The Kier molecular flexibility index (Phi) is 6.46. The molecule has 0 spiro atoms. The number of carbonyl (C=O) groups is 1. The number of anilines is 1. The smallest absolute Gasteiger partial charge is 0.238 e. The first kappa shape index (κ1) is 15.8. The standard InChI is InChI=1S/C15H22N2O4/c1-19-10-11-21-14-4-2-13(3-5-14)16-15(18)12-17-6-8-20-9-7-17/h2-5H,6-12H2,1H3,(H,16,18). The second-order valence-electron chi connectivity index (χ2n) is 4.80. The highest BCUT2D eigenvalue weighted by Gasteiger charge is 2.14. The number of nitrogens with one attached hydrogen (secondary N) is 1. The molecule has 0 aliphatic carbocycles. The summed E-state index contributed by atoms with van der Waals surface area (Å²) in [5, 5.41) is 2.88. The third-order valence-electron chi connectivity index (χ3n) is 3.17. The summed E-state index contributed by atoms with van der Waals surface area (Å²) >= 11 is 0. The number of ether oxygens (including phenoxy) is 3. The summed E-state index contributed by atoms with van der Waals surface area (Å²) in [6, 6.07) is 7.33. The molecule has 0 unspecified atom stereocenters. The van der Waals surface area contributed by atoms with Crippen molar-refractivity contribution < 1.29 is 19.0 Å². The monoisotopic (exact) mass is 294 g/mol. The van der Waals surface area contributed by atoms with Crippen molar-refractivity contribution in [3.05, 3.63) is 24.3 Å². The van der Waals surface area contributed by atoms with Crippen molar-refractivity contribution in [3.63, 3.8) is 0 Å². The minimum atomic E-state index is -0.00930. The topological polar surface area (TPSA) is 60.0 Å². The van der Waals surface area contributed by atoms with Crippen LogP contribution in [-0.4, -0.2) is 64.0 Å². The highest BCUT2D eigenvalue weighted by atomic mass is 16.5. The van der Waals surface area contributed by atoms with Gasteiger partial charge in [0.2, 0.25) is 5.91 Å². The molecule has 1 amide bonds. The van der Waals surface area contributed by atoms with Crippen LogP contribution in [-0.2, 0) is 14.3 Å². The molecule has 1 N–H and O–H groups in total. The van der Waals surface area contributed by atoms with E-state index in [0.29, 0.717) is 33.0 Å². The lowest BCUT2D eigenvalue weighted by atomic mass is 10.3. The fraction of sp³-hybridized carbons (Fsp3) is 0.533. The minimum absolute atomic E-state index is 0.00930. The fourth-order valence-electron chi connectivity index (χ4n) is 2.04. The maximum atomic E-state index is 11.9. The van der Waals surface area contributed by atoms with Crippen LogP contribution in [0.15, 0.2) is 24.3 Å². The number of nitrogens with zero attached hydrogens (tertiary/aromatic N) is 1. The first-order chi connectivity index (χ1) is 10.3. The largest absolute Gasteiger partial charge is 0.491 e. The van der Waals surface area contributed by atoms with Crippen LogP contribution >= 0.6 is 0 Å². The Morgan fingerprint density at radius 3 is 2.62 bits per heavy atom. The number of carbonyl (C=O) groups excluding carboxylic acids is 1. The maximum absolute atomic E-state index is 11.9. The lowest BCUT2D eigenvalue weighted by Crippen LogP contribution is -2.41. The van der Waals surface area contributed by atoms with Crippen LogP contribution in [0.5, 0.6) is 5.75 Å². The van der Waals surface area contributed by atoms with E-state index in [9.17, 15) is 4.79 Å². The highest BCUT2D eigenvalue weighted by Crippen LogP contribution is 2.15. The molecule has 0 bridgehead atoms. The van der Waals surface area contributed by atoms with E-state index in [-0.39, 0.29) is 5.91 Å². The van der Waals surface area contributed by atoms with Gasteiger partial charge >= 0.3 is 0 Å². The summed E-state index contributed by atoms with van der Waals surface area (Å²) in [5.41, 5.74) is 0.771. The molecule has 1 saturated heterocycles. The minimum Gasteiger partial charge on any atom is -0.491 e. The first-order valence-electron chi connectivity index (χ1n) is 7.09. The summed E-state index contributed by atoms with van der Waals surface area (Å²) in [7, 11) is 1.64. The first-order valence-corrected chi connectivity index (χ1v) is 7.09. The molecule has 2 rings (SSSR count). The van der Waals surface area contributed by atoms with Crippen LogP contribution in [0.25, 0.3) is 0 Å². The molecule has 0 saturated carbocycles. The molecule has 116 valence electrons. The normalized spacial score (nSPS) is 15.7. The molecule has 0 aromatic heterocycles. The highest BCUT2D eigenvalue weighted by molar-refractivity contribution is 5.92.